The summed E-state index contributed by atoms with van der Waals surface area (Å²) < 4.78 is 27.4. The topological polar surface area (TPSA) is 85.3 Å². The molecule has 1 atom stereocenters. The summed E-state index contributed by atoms with van der Waals surface area (Å²) >= 11 is 0. The van der Waals surface area contributed by atoms with Crippen molar-refractivity contribution in [3.05, 3.63) is 82.4 Å². The van der Waals surface area contributed by atoms with Crippen LogP contribution in [0.2, 0.25) is 0 Å². The predicted molar refractivity (Wildman–Crippen MR) is 133 cm³/mol. The van der Waals surface area contributed by atoms with Gasteiger partial charge in [-0.25, -0.2) is 14.4 Å². The highest BCUT2D eigenvalue weighted by Gasteiger charge is 2.27. The van der Waals surface area contributed by atoms with E-state index in [0.717, 1.165) is 61.8 Å². The number of ether oxygens (including phenoxy) is 2. The van der Waals surface area contributed by atoms with Crippen molar-refractivity contribution >= 4 is 11.2 Å². The molecule has 186 valence electrons. The van der Waals surface area contributed by atoms with Gasteiger partial charge in [-0.1, -0.05) is 24.3 Å². The van der Waals surface area contributed by atoms with Gasteiger partial charge in [-0.05, 0) is 61.7 Å². The Hall–Kier alpha value is -3.72. The monoisotopic (exact) mass is 489 g/mol. The normalized spacial score (nSPS) is 18.5. The van der Waals surface area contributed by atoms with Crippen molar-refractivity contribution in [2.45, 2.75) is 31.9 Å². The van der Waals surface area contributed by atoms with Crippen molar-refractivity contribution in [2.24, 2.45) is 5.92 Å². The first-order valence-corrected chi connectivity index (χ1v) is 12.4. The van der Waals surface area contributed by atoms with Crippen LogP contribution in [-0.4, -0.2) is 56.8 Å². The molecule has 2 aliphatic heterocycles. The smallest absolute Gasteiger partial charge is 0.276 e. The number of para-hydroxylation sites is 2. The molecule has 36 heavy (non-hydrogen) atoms. The number of nitrogens with zero attached hydrogens (tertiary/aromatic N) is 4. The zero-order valence-electron chi connectivity index (χ0n) is 19.9. The van der Waals surface area contributed by atoms with Gasteiger partial charge >= 0.3 is 0 Å². The Kier molecular flexibility index (Phi) is 6.14. The van der Waals surface area contributed by atoms with Crippen LogP contribution in [0.3, 0.4) is 0 Å². The summed E-state index contributed by atoms with van der Waals surface area (Å²) in [6.45, 7) is 3.79. The number of piperidine rings is 1. The van der Waals surface area contributed by atoms with E-state index in [1.807, 2.05) is 28.8 Å². The van der Waals surface area contributed by atoms with Crippen molar-refractivity contribution in [1.82, 2.24) is 24.4 Å². The fourth-order valence-electron chi connectivity index (χ4n) is 5.19. The van der Waals surface area contributed by atoms with Crippen LogP contribution < -0.4 is 15.0 Å². The standard InChI is InChI=1S/C27H28FN5O3/c28-20-7-5-19(6-8-20)14-33-24(31-26-25(33)27(34)30-17-29-26)13-18-9-11-32(12-10-18)15-21-16-35-22-3-1-2-4-23(22)36-21/h1-8,17-18,21H,9-16H2,(H,29,30,34). The average molecular weight is 490 g/mol. The molecule has 2 aromatic heterocycles. The van der Waals surface area contributed by atoms with Gasteiger partial charge in [0.1, 0.15) is 24.4 Å². The highest BCUT2D eigenvalue weighted by molar-refractivity contribution is 5.70. The van der Waals surface area contributed by atoms with E-state index < -0.39 is 0 Å². The number of rotatable bonds is 6. The second kappa shape index (κ2) is 9.73. The Bertz CT molecular complexity index is 1410. The molecule has 1 fully saturated rings. The Morgan fingerprint density at radius 1 is 1.06 bits per heavy atom. The molecule has 2 aliphatic rings. The van der Waals surface area contributed by atoms with Crippen LogP contribution in [0.15, 0.2) is 59.7 Å². The van der Waals surface area contributed by atoms with E-state index in [4.69, 9.17) is 14.5 Å². The van der Waals surface area contributed by atoms with Crippen molar-refractivity contribution < 1.29 is 13.9 Å². The highest BCUT2D eigenvalue weighted by Crippen LogP contribution is 2.31. The number of hydrogen-bond acceptors (Lipinski definition) is 6. The minimum Gasteiger partial charge on any atom is -0.486 e. The van der Waals surface area contributed by atoms with E-state index >= 15 is 0 Å². The lowest BCUT2D eigenvalue weighted by atomic mass is 9.93. The molecule has 4 aromatic rings. The van der Waals surface area contributed by atoms with Crippen LogP contribution >= 0.6 is 0 Å². The van der Waals surface area contributed by atoms with Gasteiger partial charge < -0.3 is 19.0 Å². The average Bonchev–Trinajstić information content (AvgIpc) is 3.24. The molecule has 0 aliphatic carbocycles. The summed E-state index contributed by atoms with van der Waals surface area (Å²) in [5.74, 6) is 2.64. The summed E-state index contributed by atoms with van der Waals surface area (Å²) in [6, 6.07) is 14.1. The van der Waals surface area contributed by atoms with Gasteiger partial charge in [-0.2, -0.15) is 0 Å². The number of H-pyrrole nitrogens is 1. The lowest BCUT2D eigenvalue weighted by Crippen LogP contribution is -2.44. The quantitative estimate of drug-likeness (QED) is 0.447. The van der Waals surface area contributed by atoms with Gasteiger partial charge in [0.15, 0.2) is 22.7 Å². The molecule has 0 amide bonds. The Morgan fingerprint density at radius 2 is 1.83 bits per heavy atom. The van der Waals surface area contributed by atoms with Crippen LogP contribution in [0.25, 0.3) is 11.2 Å². The number of hydrogen-bond donors (Lipinski definition) is 1. The van der Waals surface area contributed by atoms with E-state index in [1.54, 1.807) is 12.1 Å². The number of imidazole rings is 1. The van der Waals surface area contributed by atoms with E-state index in [2.05, 4.69) is 14.9 Å². The van der Waals surface area contributed by atoms with Crippen molar-refractivity contribution in [3.63, 3.8) is 0 Å². The first-order chi connectivity index (χ1) is 17.6. The Morgan fingerprint density at radius 3 is 2.64 bits per heavy atom. The molecule has 0 bridgehead atoms. The van der Waals surface area contributed by atoms with E-state index in [1.165, 1.54) is 18.5 Å². The minimum atomic E-state index is -0.282. The van der Waals surface area contributed by atoms with Crippen LogP contribution in [0, 0.1) is 11.7 Å². The first kappa shape index (κ1) is 22.7. The van der Waals surface area contributed by atoms with Gasteiger partial charge in [0.2, 0.25) is 0 Å². The van der Waals surface area contributed by atoms with E-state index in [9.17, 15) is 9.18 Å². The van der Waals surface area contributed by atoms with Crippen LogP contribution in [0.5, 0.6) is 11.5 Å². The number of likely N-dealkylation sites (tertiary alicyclic amines) is 1. The molecule has 1 saturated heterocycles. The summed E-state index contributed by atoms with van der Waals surface area (Å²) in [5, 5.41) is 0. The number of aromatic nitrogens is 4. The fraction of sp³-hybridized carbons (Fsp3) is 0.370. The summed E-state index contributed by atoms with van der Waals surface area (Å²) in [5.41, 5.74) is 1.60. The number of fused-ring (bicyclic) bond motifs is 2. The number of nitrogens with one attached hydrogen (secondary N) is 1. The third-order valence-electron chi connectivity index (χ3n) is 7.09. The number of benzene rings is 2. The van der Waals surface area contributed by atoms with Gasteiger partial charge in [0, 0.05) is 19.5 Å². The molecule has 9 heteroatoms. The van der Waals surface area contributed by atoms with Crippen LogP contribution in [0.4, 0.5) is 4.39 Å². The molecular weight excluding hydrogens is 461 g/mol. The zero-order valence-corrected chi connectivity index (χ0v) is 19.9. The van der Waals surface area contributed by atoms with Crippen molar-refractivity contribution in [2.75, 3.05) is 26.2 Å². The molecule has 0 radical (unpaired) electrons. The summed E-state index contributed by atoms with van der Waals surface area (Å²) in [7, 11) is 0. The Balaban J connectivity index is 1.12. The molecule has 1 unspecified atom stereocenters. The third kappa shape index (κ3) is 4.70. The molecular formula is C27H28FN5O3. The van der Waals surface area contributed by atoms with E-state index in [-0.39, 0.29) is 17.5 Å². The lowest BCUT2D eigenvalue weighted by molar-refractivity contribution is 0.0476. The summed E-state index contributed by atoms with van der Waals surface area (Å²) in [4.78, 5) is 26.7. The lowest BCUT2D eigenvalue weighted by Gasteiger charge is -2.35. The van der Waals surface area contributed by atoms with Gasteiger partial charge in [0.25, 0.3) is 5.56 Å². The van der Waals surface area contributed by atoms with Crippen molar-refractivity contribution in [1.29, 1.82) is 0 Å². The molecule has 1 N–H and O–H groups in total. The molecule has 0 spiro atoms. The van der Waals surface area contributed by atoms with Gasteiger partial charge in [-0.15, -0.1) is 0 Å². The molecule has 4 heterocycles. The highest BCUT2D eigenvalue weighted by atomic mass is 19.1. The minimum absolute atomic E-state index is 0.0224. The first-order valence-electron chi connectivity index (χ1n) is 12.4. The SMILES string of the molecule is O=c1[nH]cnc2nc(CC3CCN(CC4COc5ccccc5O4)CC3)n(Cc3ccc(F)cc3)c12. The largest absolute Gasteiger partial charge is 0.486 e. The predicted octanol–water partition coefficient (Wildman–Crippen LogP) is 3.40. The third-order valence-corrected chi connectivity index (χ3v) is 7.09. The van der Waals surface area contributed by atoms with Gasteiger partial charge in [-0.3, -0.25) is 9.69 Å². The molecule has 0 saturated carbocycles. The van der Waals surface area contributed by atoms with Gasteiger partial charge in [0.05, 0.1) is 6.33 Å². The molecule has 8 nitrogen and oxygen atoms in total. The summed E-state index contributed by atoms with van der Waals surface area (Å²) in [6.07, 6.45) is 4.24. The second-order valence-electron chi connectivity index (χ2n) is 9.59. The van der Waals surface area contributed by atoms with E-state index in [0.29, 0.717) is 30.2 Å². The fourth-order valence-corrected chi connectivity index (χ4v) is 5.19. The zero-order chi connectivity index (χ0) is 24.5. The maximum atomic E-state index is 13.4. The number of halogens is 1. The number of aromatic amines is 1. The van der Waals surface area contributed by atoms with Crippen LogP contribution in [0.1, 0.15) is 24.2 Å². The maximum Gasteiger partial charge on any atom is 0.276 e. The molecule has 2 aromatic carbocycles. The Labute approximate surface area is 207 Å². The molecule has 6 rings (SSSR count). The van der Waals surface area contributed by atoms with Crippen LogP contribution in [-0.2, 0) is 13.0 Å². The van der Waals surface area contributed by atoms with Crippen molar-refractivity contribution in [3.8, 4) is 11.5 Å². The second-order valence-corrected chi connectivity index (χ2v) is 9.59. The maximum absolute atomic E-state index is 13.4.